The van der Waals surface area contributed by atoms with E-state index < -0.39 is 0 Å². The van der Waals surface area contributed by atoms with Gasteiger partial charge in [-0.15, -0.1) is 0 Å². The minimum absolute atomic E-state index is 0.0798. The number of unbranched alkanes of at least 4 members (excludes halogenated alkanes) is 1. The third-order valence-electron chi connectivity index (χ3n) is 4.68. The van der Waals surface area contributed by atoms with Gasteiger partial charge in [0, 0.05) is 24.7 Å². The Balaban J connectivity index is 1.89. The SMILES string of the molecule is CCCCOc1cccc(C(=O)N(CCN(C)C)c2nc3cc(OC)ccc3s2)c1. The number of hydrogen-bond acceptors (Lipinski definition) is 6. The summed E-state index contributed by atoms with van der Waals surface area (Å²) < 4.78 is 12.1. The molecule has 1 aromatic heterocycles. The molecule has 160 valence electrons. The van der Waals surface area contributed by atoms with Gasteiger partial charge in [-0.3, -0.25) is 9.69 Å². The molecular formula is C23H29N3O3S. The van der Waals surface area contributed by atoms with Crippen LogP contribution in [0.1, 0.15) is 30.1 Å². The topological polar surface area (TPSA) is 54.9 Å². The third kappa shape index (κ3) is 5.49. The molecule has 30 heavy (non-hydrogen) atoms. The van der Waals surface area contributed by atoms with Gasteiger partial charge in [0.1, 0.15) is 11.5 Å². The lowest BCUT2D eigenvalue weighted by atomic mass is 10.2. The smallest absolute Gasteiger partial charge is 0.260 e. The molecule has 2 aromatic carbocycles. The number of nitrogens with zero attached hydrogens (tertiary/aromatic N) is 3. The number of aromatic nitrogens is 1. The molecule has 0 unspecified atom stereocenters. The van der Waals surface area contributed by atoms with Gasteiger partial charge < -0.3 is 14.4 Å². The Kier molecular flexibility index (Phi) is 7.65. The van der Waals surface area contributed by atoms with E-state index in [0.29, 0.717) is 23.8 Å². The van der Waals surface area contributed by atoms with Crippen molar-refractivity contribution < 1.29 is 14.3 Å². The van der Waals surface area contributed by atoms with E-state index in [-0.39, 0.29) is 5.91 Å². The number of ether oxygens (including phenoxy) is 2. The lowest BCUT2D eigenvalue weighted by molar-refractivity contribution is 0.0984. The average Bonchev–Trinajstić information content (AvgIpc) is 3.16. The average molecular weight is 428 g/mol. The number of fused-ring (bicyclic) bond motifs is 1. The Morgan fingerprint density at radius 2 is 1.93 bits per heavy atom. The fraction of sp³-hybridized carbons (Fsp3) is 0.391. The molecule has 0 saturated carbocycles. The van der Waals surface area contributed by atoms with Gasteiger partial charge in [0.15, 0.2) is 5.13 Å². The zero-order valence-electron chi connectivity index (χ0n) is 18.1. The van der Waals surface area contributed by atoms with Gasteiger partial charge in [-0.05, 0) is 50.8 Å². The molecule has 0 spiro atoms. The first-order chi connectivity index (χ1) is 14.5. The molecule has 1 amide bonds. The fourth-order valence-corrected chi connectivity index (χ4v) is 3.90. The summed E-state index contributed by atoms with van der Waals surface area (Å²) >= 11 is 1.51. The molecule has 0 atom stereocenters. The summed E-state index contributed by atoms with van der Waals surface area (Å²) in [4.78, 5) is 22.0. The molecule has 0 aliphatic heterocycles. The summed E-state index contributed by atoms with van der Waals surface area (Å²) in [7, 11) is 5.62. The van der Waals surface area contributed by atoms with Crippen molar-refractivity contribution in [3.63, 3.8) is 0 Å². The Bertz CT molecular complexity index is 987. The molecule has 0 fully saturated rings. The second kappa shape index (κ2) is 10.4. The Labute approximate surface area is 182 Å². The highest BCUT2D eigenvalue weighted by molar-refractivity contribution is 7.22. The maximum atomic E-state index is 13.4. The molecule has 0 aliphatic rings. The van der Waals surface area contributed by atoms with E-state index in [0.717, 1.165) is 41.1 Å². The van der Waals surface area contributed by atoms with E-state index in [1.807, 2.05) is 56.6 Å². The van der Waals surface area contributed by atoms with Crippen molar-refractivity contribution >= 4 is 32.6 Å². The van der Waals surface area contributed by atoms with Gasteiger partial charge >= 0.3 is 0 Å². The summed E-state index contributed by atoms with van der Waals surface area (Å²) in [6, 6.07) is 13.2. The summed E-state index contributed by atoms with van der Waals surface area (Å²) in [5.41, 5.74) is 1.42. The number of thiazole rings is 1. The van der Waals surface area contributed by atoms with Gasteiger partial charge in [-0.25, -0.2) is 4.98 Å². The van der Waals surface area contributed by atoms with E-state index in [2.05, 4.69) is 11.8 Å². The summed E-state index contributed by atoms with van der Waals surface area (Å²) in [6.07, 6.45) is 2.06. The van der Waals surface area contributed by atoms with Crippen LogP contribution in [0.3, 0.4) is 0 Å². The number of carbonyl (C=O) groups excluding carboxylic acids is 1. The minimum Gasteiger partial charge on any atom is -0.497 e. The van der Waals surface area contributed by atoms with Crippen LogP contribution in [-0.4, -0.2) is 56.7 Å². The molecule has 3 aromatic rings. The van der Waals surface area contributed by atoms with Crippen molar-refractivity contribution in [1.29, 1.82) is 0 Å². The van der Waals surface area contributed by atoms with Crippen molar-refractivity contribution in [3.05, 3.63) is 48.0 Å². The predicted octanol–water partition coefficient (Wildman–Crippen LogP) is 4.69. The van der Waals surface area contributed by atoms with Crippen LogP contribution in [0.4, 0.5) is 5.13 Å². The van der Waals surface area contributed by atoms with Crippen LogP contribution >= 0.6 is 11.3 Å². The monoisotopic (exact) mass is 427 g/mol. The normalized spacial score (nSPS) is 11.1. The molecule has 0 aliphatic carbocycles. The molecule has 3 rings (SSSR count). The summed E-state index contributed by atoms with van der Waals surface area (Å²) in [5.74, 6) is 1.39. The van der Waals surface area contributed by atoms with Crippen molar-refractivity contribution in [2.75, 3.05) is 45.8 Å². The van der Waals surface area contributed by atoms with E-state index in [1.165, 1.54) is 11.3 Å². The maximum Gasteiger partial charge on any atom is 0.260 e. The Morgan fingerprint density at radius 3 is 2.67 bits per heavy atom. The van der Waals surface area contributed by atoms with Crippen molar-refractivity contribution in [2.24, 2.45) is 0 Å². The van der Waals surface area contributed by atoms with Crippen molar-refractivity contribution in [2.45, 2.75) is 19.8 Å². The quantitative estimate of drug-likeness (QED) is 0.439. The lowest BCUT2D eigenvalue weighted by Crippen LogP contribution is -2.36. The zero-order valence-corrected chi connectivity index (χ0v) is 18.9. The summed E-state index contributed by atoms with van der Waals surface area (Å²) in [5, 5.41) is 0.683. The molecule has 7 heteroatoms. The Morgan fingerprint density at radius 1 is 1.10 bits per heavy atom. The van der Waals surface area contributed by atoms with Crippen LogP contribution in [0.5, 0.6) is 11.5 Å². The third-order valence-corrected chi connectivity index (χ3v) is 5.74. The van der Waals surface area contributed by atoms with Crippen molar-refractivity contribution in [3.8, 4) is 11.5 Å². The standard InChI is InChI=1S/C23H29N3O3S/c1-5-6-14-29-19-9-7-8-17(15-19)22(27)26(13-12-25(2)3)23-24-20-16-18(28-4)10-11-21(20)30-23/h7-11,15-16H,5-6,12-14H2,1-4H3. The molecular weight excluding hydrogens is 398 g/mol. The summed E-state index contributed by atoms with van der Waals surface area (Å²) in [6.45, 7) is 4.05. The molecule has 0 bridgehead atoms. The number of benzene rings is 2. The largest absolute Gasteiger partial charge is 0.497 e. The van der Waals surface area contributed by atoms with Crippen LogP contribution in [0.2, 0.25) is 0 Å². The maximum absolute atomic E-state index is 13.4. The molecule has 6 nitrogen and oxygen atoms in total. The number of methoxy groups -OCH3 is 1. The van der Waals surface area contributed by atoms with Crippen molar-refractivity contribution in [1.82, 2.24) is 9.88 Å². The van der Waals surface area contributed by atoms with Gasteiger partial charge in [-0.2, -0.15) is 0 Å². The van der Waals surface area contributed by atoms with E-state index >= 15 is 0 Å². The molecule has 0 radical (unpaired) electrons. The first-order valence-electron chi connectivity index (χ1n) is 10.2. The van der Waals surface area contributed by atoms with Gasteiger partial charge in [-0.1, -0.05) is 30.7 Å². The second-order valence-corrected chi connectivity index (χ2v) is 8.33. The predicted molar refractivity (Wildman–Crippen MR) is 123 cm³/mol. The van der Waals surface area contributed by atoms with Crippen LogP contribution in [0.25, 0.3) is 10.2 Å². The zero-order chi connectivity index (χ0) is 21.5. The highest BCUT2D eigenvalue weighted by Gasteiger charge is 2.22. The molecule has 0 N–H and O–H groups in total. The molecule has 1 heterocycles. The van der Waals surface area contributed by atoms with Gasteiger partial charge in [0.2, 0.25) is 0 Å². The van der Waals surface area contributed by atoms with Gasteiger partial charge in [0.05, 0.1) is 23.9 Å². The fourth-order valence-electron chi connectivity index (χ4n) is 2.93. The molecule has 0 saturated heterocycles. The first kappa shape index (κ1) is 22.1. The van der Waals surface area contributed by atoms with Crippen LogP contribution < -0.4 is 14.4 Å². The van der Waals surface area contributed by atoms with E-state index in [1.54, 1.807) is 12.0 Å². The number of rotatable bonds is 10. The lowest BCUT2D eigenvalue weighted by Gasteiger charge is -2.22. The first-order valence-corrected chi connectivity index (χ1v) is 11.0. The highest BCUT2D eigenvalue weighted by atomic mass is 32.1. The number of anilines is 1. The van der Waals surface area contributed by atoms with Crippen LogP contribution in [0, 0.1) is 0 Å². The number of amides is 1. The number of carbonyl (C=O) groups is 1. The Hall–Kier alpha value is -2.64. The highest BCUT2D eigenvalue weighted by Crippen LogP contribution is 2.32. The number of likely N-dealkylation sites (N-methyl/N-ethyl adjacent to an activating group) is 1. The van der Waals surface area contributed by atoms with E-state index in [4.69, 9.17) is 14.5 Å². The van der Waals surface area contributed by atoms with Crippen LogP contribution in [-0.2, 0) is 0 Å². The van der Waals surface area contributed by atoms with E-state index in [9.17, 15) is 4.79 Å². The minimum atomic E-state index is -0.0798. The number of hydrogen-bond donors (Lipinski definition) is 0. The van der Waals surface area contributed by atoms with Crippen LogP contribution in [0.15, 0.2) is 42.5 Å². The van der Waals surface area contributed by atoms with Gasteiger partial charge in [0.25, 0.3) is 5.91 Å². The second-order valence-electron chi connectivity index (χ2n) is 7.32.